The topological polar surface area (TPSA) is 248 Å². The van der Waals surface area contributed by atoms with E-state index in [1.165, 1.54) is 38.6 Å². The number of anilines is 1. The molecule has 0 aromatic carbocycles. The first-order valence-corrected chi connectivity index (χ1v) is 22.4. The first-order chi connectivity index (χ1) is 28.0. The Balaban J connectivity index is 1.20. The number of unbranched alkanes of at least 4 members (excludes halogenated alkanes) is 3. The molecule has 0 radical (unpaired) electrons. The van der Waals surface area contributed by atoms with E-state index in [0.717, 1.165) is 69.4 Å². The van der Waals surface area contributed by atoms with Crippen molar-refractivity contribution in [1.29, 1.82) is 0 Å². The molecule has 0 saturated heterocycles. The van der Waals surface area contributed by atoms with Crippen LogP contribution in [0.2, 0.25) is 0 Å². The Morgan fingerprint density at radius 3 is 2.44 bits per heavy atom. The Morgan fingerprint density at radius 2 is 1.69 bits per heavy atom. The van der Waals surface area contributed by atoms with Crippen molar-refractivity contribution in [3.05, 3.63) is 16.6 Å². The maximum absolute atomic E-state index is 12.5. The highest BCUT2D eigenvalue weighted by atomic mass is 32.2. The number of hydrogen-bond acceptors (Lipinski definition) is 13. The number of carbonyl (C=O) groups is 5. The van der Waals surface area contributed by atoms with Crippen molar-refractivity contribution in [3.63, 3.8) is 0 Å². The highest BCUT2D eigenvalue weighted by molar-refractivity contribution is 7.99. The van der Waals surface area contributed by atoms with Gasteiger partial charge in [-0.05, 0) is 77.5 Å². The van der Waals surface area contributed by atoms with Crippen LogP contribution in [-0.2, 0) is 52.8 Å². The van der Waals surface area contributed by atoms with Gasteiger partial charge in [-0.15, -0.1) is 23.1 Å². The highest BCUT2D eigenvalue weighted by Gasteiger charge is 2.29. The molecule has 0 aliphatic heterocycles. The number of nitrogens with zero attached hydrogens (tertiary/aromatic N) is 2. The van der Waals surface area contributed by atoms with Crippen LogP contribution in [0.3, 0.4) is 0 Å². The molecule has 1 atom stereocenters. The first kappa shape index (κ1) is 49.5. The SMILES string of the molecule is CCCNC1CCc2nc(NC(=O)COCC(=O)NCCCCCCSc3cc(O)n(CCC(=O)NCCC(C)(C)OCCC(C)(C)C(=O)NCC(N)=O)c3O)sc2C1. The number of thioether (sulfide) groups is 1. The second-order valence-electron chi connectivity index (χ2n) is 16.0. The predicted octanol–water partition coefficient (Wildman–Crippen LogP) is 3.35. The molecule has 0 saturated carbocycles. The number of ether oxygens (including phenoxy) is 2. The summed E-state index contributed by atoms with van der Waals surface area (Å²) >= 11 is 2.93. The van der Waals surface area contributed by atoms with E-state index in [1.807, 2.05) is 13.8 Å². The number of aryl methyl sites for hydroxylation is 1. The number of primary amides is 1. The third-order valence-electron chi connectivity index (χ3n) is 9.87. The summed E-state index contributed by atoms with van der Waals surface area (Å²) in [6, 6.07) is 1.94. The molecule has 0 bridgehead atoms. The summed E-state index contributed by atoms with van der Waals surface area (Å²) in [6.07, 6.45) is 8.41. The number of nitrogens with two attached hydrogens (primary N) is 1. The third-order valence-corrected chi connectivity index (χ3v) is 12.0. The Labute approximate surface area is 356 Å². The van der Waals surface area contributed by atoms with Crippen LogP contribution in [0.4, 0.5) is 5.13 Å². The van der Waals surface area contributed by atoms with E-state index in [1.54, 1.807) is 13.8 Å². The van der Waals surface area contributed by atoms with Gasteiger partial charge in [0, 0.05) is 55.1 Å². The molecule has 59 heavy (non-hydrogen) atoms. The first-order valence-electron chi connectivity index (χ1n) is 20.6. The van der Waals surface area contributed by atoms with Crippen molar-refractivity contribution in [2.75, 3.05) is 57.1 Å². The van der Waals surface area contributed by atoms with Gasteiger partial charge in [0.15, 0.2) is 11.0 Å². The van der Waals surface area contributed by atoms with Gasteiger partial charge in [0.25, 0.3) is 5.91 Å². The minimum atomic E-state index is -0.752. The molecule has 17 nitrogen and oxygen atoms in total. The fourth-order valence-electron chi connectivity index (χ4n) is 6.19. The average Bonchev–Trinajstić information content (AvgIpc) is 3.69. The van der Waals surface area contributed by atoms with Gasteiger partial charge < -0.3 is 46.7 Å². The summed E-state index contributed by atoms with van der Waals surface area (Å²) in [6.45, 7) is 11.1. The van der Waals surface area contributed by atoms with Crippen LogP contribution in [0.1, 0.15) is 103 Å². The molecule has 9 N–H and O–H groups in total. The van der Waals surface area contributed by atoms with Crippen LogP contribution in [0, 0.1) is 5.41 Å². The van der Waals surface area contributed by atoms with Crippen molar-refractivity contribution in [1.82, 2.24) is 30.8 Å². The molecular formula is C40H66N8O9S2. The zero-order chi connectivity index (χ0) is 43.4. The number of carbonyl (C=O) groups excluding carboxylic acids is 5. The molecule has 332 valence electrons. The maximum atomic E-state index is 12.5. The Hall–Kier alpha value is -3.91. The summed E-state index contributed by atoms with van der Waals surface area (Å²) in [4.78, 5) is 66.6. The van der Waals surface area contributed by atoms with Crippen LogP contribution in [-0.4, -0.2) is 113 Å². The lowest BCUT2D eigenvalue weighted by molar-refractivity contribution is -0.133. The summed E-state index contributed by atoms with van der Waals surface area (Å²) in [5, 5.41) is 36.2. The predicted molar refractivity (Wildman–Crippen MR) is 229 cm³/mol. The number of thiazole rings is 1. The molecule has 5 amide bonds. The van der Waals surface area contributed by atoms with E-state index in [4.69, 9.17) is 15.2 Å². The number of aromatic nitrogens is 2. The van der Waals surface area contributed by atoms with Gasteiger partial charge in [0.2, 0.25) is 29.5 Å². The molecule has 0 spiro atoms. The van der Waals surface area contributed by atoms with Gasteiger partial charge in [0.1, 0.15) is 13.2 Å². The molecule has 3 rings (SSSR count). The van der Waals surface area contributed by atoms with Crippen molar-refractivity contribution in [3.8, 4) is 11.8 Å². The largest absolute Gasteiger partial charge is 0.494 e. The number of nitrogens with one attached hydrogen (secondary N) is 5. The number of amides is 5. The third kappa shape index (κ3) is 18.5. The summed E-state index contributed by atoms with van der Waals surface area (Å²) in [5.41, 5.74) is 4.83. The van der Waals surface area contributed by atoms with E-state index in [0.29, 0.717) is 48.6 Å². The standard InChI is InChI=1S/C40H66N8O9S2/c1-6-16-42-27-11-12-28-29(22-27)59-38(46-28)47-34(52)26-56-25-33(51)43-17-9-7-8-10-21-58-30-23-35(53)48(36(30)54)19-13-32(50)44-18-14-40(4,5)57-20-15-39(2,3)37(55)45-24-31(41)49/h23,27,42,53-54H,6-22,24-26H2,1-5H3,(H2,41,49)(H,43,51)(H,44,50)(H,45,55)(H,46,47,52). The van der Waals surface area contributed by atoms with Gasteiger partial charge in [-0.2, -0.15) is 0 Å². The minimum Gasteiger partial charge on any atom is -0.494 e. The Kier molecular flexibility index (Phi) is 21.0. The molecule has 1 aliphatic carbocycles. The molecule has 19 heteroatoms. The summed E-state index contributed by atoms with van der Waals surface area (Å²) < 4.78 is 12.6. The van der Waals surface area contributed by atoms with Crippen LogP contribution in [0.5, 0.6) is 11.8 Å². The lowest BCUT2D eigenvalue weighted by atomic mass is 9.88. The van der Waals surface area contributed by atoms with E-state index in [2.05, 4.69) is 38.5 Å². The van der Waals surface area contributed by atoms with Crippen LogP contribution in [0.25, 0.3) is 0 Å². The maximum Gasteiger partial charge on any atom is 0.252 e. The minimum absolute atomic E-state index is 0.0561. The van der Waals surface area contributed by atoms with Crippen LogP contribution < -0.4 is 32.3 Å². The molecule has 2 aromatic rings. The van der Waals surface area contributed by atoms with Crippen LogP contribution >= 0.6 is 23.1 Å². The fraction of sp³-hybridized carbons (Fsp3) is 0.700. The molecular weight excluding hydrogens is 801 g/mol. The number of hydrogen-bond donors (Lipinski definition) is 8. The van der Waals surface area contributed by atoms with Gasteiger partial charge in [0.05, 0.1) is 22.7 Å². The molecule has 1 aliphatic rings. The number of fused-ring (bicyclic) bond motifs is 1. The fourth-order valence-corrected chi connectivity index (χ4v) is 8.29. The van der Waals surface area contributed by atoms with Gasteiger partial charge in [-0.25, -0.2) is 4.98 Å². The number of rotatable bonds is 29. The quantitative estimate of drug-likeness (QED) is 0.0434. The van der Waals surface area contributed by atoms with E-state index < -0.39 is 16.9 Å². The molecule has 0 fully saturated rings. The average molecular weight is 867 g/mol. The zero-order valence-corrected chi connectivity index (χ0v) is 37.0. The van der Waals surface area contributed by atoms with Gasteiger partial charge >= 0.3 is 0 Å². The lowest BCUT2D eigenvalue weighted by Gasteiger charge is -2.29. The van der Waals surface area contributed by atoms with E-state index in [-0.39, 0.29) is 68.1 Å². The smallest absolute Gasteiger partial charge is 0.252 e. The van der Waals surface area contributed by atoms with Crippen molar-refractivity contribution >= 4 is 57.8 Å². The van der Waals surface area contributed by atoms with Crippen LogP contribution in [0.15, 0.2) is 11.0 Å². The second-order valence-corrected chi connectivity index (χ2v) is 18.2. The monoisotopic (exact) mass is 866 g/mol. The Bertz CT molecular complexity index is 1680. The molecule has 1 unspecified atom stereocenters. The van der Waals surface area contributed by atoms with Crippen molar-refractivity contribution < 1.29 is 43.7 Å². The summed E-state index contributed by atoms with van der Waals surface area (Å²) in [7, 11) is 0. The number of aromatic hydroxyl groups is 2. The van der Waals surface area contributed by atoms with E-state index >= 15 is 0 Å². The molecule has 2 aromatic heterocycles. The van der Waals surface area contributed by atoms with Crippen molar-refractivity contribution in [2.45, 2.75) is 128 Å². The van der Waals surface area contributed by atoms with Crippen molar-refractivity contribution in [2.24, 2.45) is 11.1 Å². The molecule has 2 heterocycles. The van der Waals surface area contributed by atoms with E-state index in [9.17, 15) is 34.2 Å². The summed E-state index contributed by atoms with van der Waals surface area (Å²) in [5.74, 6) is -1.24. The zero-order valence-electron chi connectivity index (χ0n) is 35.3. The normalized spacial score (nSPS) is 14.1. The Morgan fingerprint density at radius 1 is 0.966 bits per heavy atom. The second kappa shape index (κ2) is 25.0. The lowest BCUT2D eigenvalue weighted by Crippen LogP contribution is -2.42. The van der Waals surface area contributed by atoms with Gasteiger partial charge in [-0.3, -0.25) is 33.9 Å². The van der Waals surface area contributed by atoms with Gasteiger partial charge in [-0.1, -0.05) is 33.6 Å². The highest BCUT2D eigenvalue weighted by Crippen LogP contribution is 2.36.